The van der Waals surface area contributed by atoms with Crippen LogP contribution in [-0.4, -0.2) is 13.1 Å². The molecule has 0 spiro atoms. The number of hydrogen-bond donors (Lipinski definition) is 0. The molecule has 0 bridgehead atoms. The summed E-state index contributed by atoms with van der Waals surface area (Å²) in [5.74, 6) is 0. The molecule has 0 N–H and O–H groups in total. The van der Waals surface area contributed by atoms with Crippen LogP contribution in [0, 0.1) is 6.07 Å². The van der Waals surface area contributed by atoms with E-state index in [1.807, 2.05) is 6.79 Å². The Balaban J connectivity index is 0.000000371. The van der Waals surface area contributed by atoms with Crippen LogP contribution in [0.1, 0.15) is 10.4 Å². The van der Waals surface area contributed by atoms with E-state index in [1.54, 1.807) is 24.3 Å². The molecule has 1 aromatic rings. The molecular weight excluding hydrogens is 128 g/mol. The zero-order chi connectivity index (χ0) is 7.82. The maximum atomic E-state index is 9.99. The van der Waals surface area contributed by atoms with E-state index in [-0.39, 0.29) is 0 Å². The number of carbonyl (C=O) groups is 2. The molecule has 0 atom stereocenters. The molecule has 0 aromatic heterocycles. The highest BCUT2D eigenvalue weighted by molar-refractivity contribution is 5.74. The van der Waals surface area contributed by atoms with Gasteiger partial charge in [-0.05, 0) is 6.07 Å². The fraction of sp³-hybridized carbons (Fsp3) is 0. The molecule has 51 valence electrons. The second-order valence-electron chi connectivity index (χ2n) is 1.45. The summed E-state index contributed by atoms with van der Waals surface area (Å²) in [7, 11) is 0. The first-order valence-corrected chi connectivity index (χ1v) is 2.63. The van der Waals surface area contributed by atoms with Crippen molar-refractivity contribution in [2.24, 2.45) is 0 Å². The lowest BCUT2D eigenvalue weighted by atomic mass is 10.2. The second kappa shape index (κ2) is 5.69. The van der Waals surface area contributed by atoms with Crippen LogP contribution in [-0.2, 0) is 4.79 Å². The summed E-state index contributed by atoms with van der Waals surface area (Å²) in [5.41, 5.74) is 0.698. The number of hydrogen-bond acceptors (Lipinski definition) is 2. The van der Waals surface area contributed by atoms with E-state index < -0.39 is 0 Å². The molecule has 0 heterocycles. The summed E-state index contributed by atoms with van der Waals surface area (Å²) in [4.78, 5) is 18.0. The summed E-state index contributed by atoms with van der Waals surface area (Å²) in [6.07, 6.45) is 0.813. The Morgan fingerprint density at radius 2 is 1.80 bits per heavy atom. The van der Waals surface area contributed by atoms with E-state index in [2.05, 4.69) is 6.07 Å². The van der Waals surface area contributed by atoms with Gasteiger partial charge >= 0.3 is 0 Å². The van der Waals surface area contributed by atoms with Crippen LogP contribution in [0.25, 0.3) is 0 Å². The number of benzene rings is 1. The van der Waals surface area contributed by atoms with Crippen LogP contribution in [0.3, 0.4) is 0 Å². The van der Waals surface area contributed by atoms with Gasteiger partial charge in [-0.3, -0.25) is 4.79 Å². The summed E-state index contributed by atoms with van der Waals surface area (Å²) in [6.45, 7) is 2.00. The molecule has 0 fully saturated rings. The predicted molar refractivity (Wildman–Crippen MR) is 37.8 cm³/mol. The minimum absolute atomic E-state index is 0.698. The molecule has 0 unspecified atom stereocenters. The molecule has 1 radical (unpaired) electrons. The maximum Gasteiger partial charge on any atom is 0.150 e. The average Bonchev–Trinajstić information content (AvgIpc) is 2.10. The van der Waals surface area contributed by atoms with Crippen molar-refractivity contribution in [2.45, 2.75) is 0 Å². The van der Waals surface area contributed by atoms with Gasteiger partial charge < -0.3 is 4.79 Å². The Kier molecular flexibility index (Phi) is 4.87. The molecule has 0 saturated carbocycles. The topological polar surface area (TPSA) is 34.1 Å². The molecule has 10 heavy (non-hydrogen) atoms. The van der Waals surface area contributed by atoms with Crippen molar-refractivity contribution in [1.82, 2.24) is 0 Å². The van der Waals surface area contributed by atoms with Gasteiger partial charge in [0.25, 0.3) is 0 Å². The fourth-order valence-corrected chi connectivity index (χ4v) is 0.478. The Morgan fingerprint density at radius 3 is 2.10 bits per heavy atom. The van der Waals surface area contributed by atoms with E-state index in [0.29, 0.717) is 5.56 Å². The van der Waals surface area contributed by atoms with Crippen molar-refractivity contribution in [2.75, 3.05) is 0 Å². The Morgan fingerprint density at radius 1 is 1.30 bits per heavy atom. The quantitative estimate of drug-likeness (QED) is 0.540. The highest BCUT2D eigenvalue weighted by Crippen LogP contribution is 1.90. The second-order valence-corrected chi connectivity index (χ2v) is 1.45. The third kappa shape index (κ3) is 2.77. The van der Waals surface area contributed by atoms with Gasteiger partial charge in [0, 0.05) is 5.56 Å². The van der Waals surface area contributed by atoms with Crippen LogP contribution < -0.4 is 0 Å². The number of aldehydes is 1. The van der Waals surface area contributed by atoms with Crippen molar-refractivity contribution in [3.05, 3.63) is 35.9 Å². The summed E-state index contributed by atoms with van der Waals surface area (Å²) < 4.78 is 0. The highest BCUT2D eigenvalue weighted by Gasteiger charge is 1.80. The monoisotopic (exact) mass is 135 g/mol. The Labute approximate surface area is 59.5 Å². The van der Waals surface area contributed by atoms with Crippen LogP contribution in [0.5, 0.6) is 0 Å². The molecule has 0 aliphatic rings. The molecule has 0 aliphatic heterocycles. The smallest absolute Gasteiger partial charge is 0.150 e. The summed E-state index contributed by atoms with van der Waals surface area (Å²) >= 11 is 0. The fourth-order valence-electron chi connectivity index (χ4n) is 0.478. The van der Waals surface area contributed by atoms with Crippen LogP contribution in [0.4, 0.5) is 0 Å². The normalized spacial score (nSPS) is 7.20. The van der Waals surface area contributed by atoms with Gasteiger partial charge in [0.15, 0.2) is 0 Å². The number of carbonyl (C=O) groups excluding carboxylic acids is 2. The summed E-state index contributed by atoms with van der Waals surface area (Å²) in [6, 6.07) is 9.66. The molecule has 1 aromatic carbocycles. The summed E-state index contributed by atoms with van der Waals surface area (Å²) in [5, 5.41) is 0. The van der Waals surface area contributed by atoms with Crippen molar-refractivity contribution >= 4 is 13.1 Å². The lowest BCUT2D eigenvalue weighted by Gasteiger charge is -1.81. The van der Waals surface area contributed by atoms with Crippen molar-refractivity contribution in [1.29, 1.82) is 0 Å². The zero-order valence-corrected chi connectivity index (χ0v) is 5.41. The van der Waals surface area contributed by atoms with E-state index in [9.17, 15) is 4.79 Å². The van der Waals surface area contributed by atoms with E-state index in [4.69, 9.17) is 4.79 Å². The molecule has 0 saturated heterocycles. The standard InChI is InChI=1S/C7H5O.CH2O/c8-6-7-4-2-1-3-5-7;1-2/h2-6H;1H2. The number of rotatable bonds is 1. The van der Waals surface area contributed by atoms with E-state index in [0.717, 1.165) is 6.29 Å². The zero-order valence-electron chi connectivity index (χ0n) is 5.41. The first-order chi connectivity index (χ1) is 4.93. The minimum atomic E-state index is 0.698. The van der Waals surface area contributed by atoms with Crippen LogP contribution in [0.15, 0.2) is 24.3 Å². The maximum absolute atomic E-state index is 9.99. The van der Waals surface area contributed by atoms with Crippen LogP contribution >= 0.6 is 0 Å². The molecule has 0 aliphatic carbocycles. The lowest BCUT2D eigenvalue weighted by Crippen LogP contribution is -1.73. The van der Waals surface area contributed by atoms with Crippen molar-refractivity contribution < 1.29 is 9.59 Å². The van der Waals surface area contributed by atoms with E-state index >= 15 is 0 Å². The molecule has 1 rings (SSSR count). The predicted octanol–water partition coefficient (Wildman–Crippen LogP) is 1.11. The Bertz CT molecular complexity index is 182. The molecule has 2 nitrogen and oxygen atoms in total. The third-order valence-corrected chi connectivity index (χ3v) is 0.880. The minimum Gasteiger partial charge on any atom is -0.307 e. The van der Waals surface area contributed by atoms with Gasteiger partial charge in [0.05, 0.1) is 0 Å². The Hall–Kier alpha value is -1.44. The van der Waals surface area contributed by atoms with Gasteiger partial charge in [-0.25, -0.2) is 0 Å². The first kappa shape index (κ1) is 8.56. The first-order valence-electron chi connectivity index (χ1n) is 2.63. The largest absolute Gasteiger partial charge is 0.307 e. The molecule has 0 amide bonds. The van der Waals surface area contributed by atoms with Crippen molar-refractivity contribution in [3.8, 4) is 0 Å². The molecular formula is C8H7O2. The highest BCUT2D eigenvalue weighted by atomic mass is 16.1. The lowest BCUT2D eigenvalue weighted by molar-refractivity contribution is -0.0979. The van der Waals surface area contributed by atoms with Gasteiger partial charge in [0.2, 0.25) is 0 Å². The van der Waals surface area contributed by atoms with Crippen LogP contribution in [0.2, 0.25) is 0 Å². The molecule has 2 heteroatoms. The van der Waals surface area contributed by atoms with Gasteiger partial charge in [-0.1, -0.05) is 24.3 Å². The van der Waals surface area contributed by atoms with E-state index in [1.165, 1.54) is 0 Å². The van der Waals surface area contributed by atoms with Gasteiger partial charge in [-0.15, -0.1) is 0 Å². The van der Waals surface area contributed by atoms with Gasteiger partial charge in [-0.2, -0.15) is 0 Å². The third-order valence-electron chi connectivity index (χ3n) is 0.880. The van der Waals surface area contributed by atoms with Gasteiger partial charge in [0.1, 0.15) is 13.1 Å². The SMILES string of the molecule is C=O.O=Cc1cc[c]cc1. The average molecular weight is 135 g/mol. The van der Waals surface area contributed by atoms with Crippen molar-refractivity contribution in [3.63, 3.8) is 0 Å².